The Labute approximate surface area is 204 Å². The predicted molar refractivity (Wildman–Crippen MR) is 133 cm³/mol. The molecule has 2 heterocycles. The molecule has 8 nitrogen and oxygen atoms in total. The number of nitrogens with zero attached hydrogens (tertiary/aromatic N) is 5. The number of aromatic nitrogens is 2. The molecule has 0 spiro atoms. The van der Waals surface area contributed by atoms with Gasteiger partial charge in [-0.2, -0.15) is 5.26 Å². The molecule has 8 heteroatoms. The molecule has 0 aliphatic heterocycles. The van der Waals surface area contributed by atoms with Gasteiger partial charge in [0.05, 0.1) is 28.8 Å². The van der Waals surface area contributed by atoms with E-state index in [1.165, 1.54) is 6.92 Å². The van der Waals surface area contributed by atoms with Crippen molar-refractivity contribution < 1.29 is 9.59 Å². The third-order valence-corrected chi connectivity index (χ3v) is 5.83. The Hall–Kier alpha value is -4.56. The first-order valence-corrected chi connectivity index (χ1v) is 11.4. The first-order valence-electron chi connectivity index (χ1n) is 11.4. The monoisotopic (exact) mass is 464 g/mol. The molecule has 1 aliphatic rings. The van der Waals surface area contributed by atoms with Gasteiger partial charge in [-0.1, -0.05) is 18.7 Å². The van der Waals surface area contributed by atoms with Crippen molar-refractivity contribution in [2.45, 2.75) is 32.6 Å². The summed E-state index contributed by atoms with van der Waals surface area (Å²) in [5.74, 6) is 0.618. The van der Waals surface area contributed by atoms with Gasteiger partial charge in [0.2, 0.25) is 11.8 Å². The Morgan fingerprint density at radius 3 is 2.60 bits per heavy atom. The molecule has 1 aromatic carbocycles. The number of anilines is 2. The molecule has 1 fully saturated rings. The molecule has 3 aromatic rings. The molecule has 0 bridgehead atoms. The third kappa shape index (κ3) is 6.07. The van der Waals surface area contributed by atoms with Crippen molar-refractivity contribution in [2.24, 2.45) is 5.92 Å². The van der Waals surface area contributed by atoms with Crippen molar-refractivity contribution in [3.63, 3.8) is 0 Å². The zero-order chi connectivity index (χ0) is 24.8. The van der Waals surface area contributed by atoms with Gasteiger partial charge in [-0.05, 0) is 61.1 Å². The summed E-state index contributed by atoms with van der Waals surface area (Å²) in [5.41, 5.74) is 3.93. The summed E-state index contributed by atoms with van der Waals surface area (Å²) >= 11 is 0. The quantitative estimate of drug-likeness (QED) is 0.478. The molecule has 1 aliphatic carbocycles. The highest BCUT2D eigenvalue weighted by Gasteiger charge is 2.27. The predicted octanol–water partition coefficient (Wildman–Crippen LogP) is 4.90. The average Bonchev–Trinajstić information content (AvgIpc) is 3.71. The third-order valence-electron chi connectivity index (χ3n) is 5.83. The van der Waals surface area contributed by atoms with E-state index in [0.29, 0.717) is 47.3 Å². The maximum absolute atomic E-state index is 12.3. The molecule has 1 saturated carbocycles. The summed E-state index contributed by atoms with van der Waals surface area (Å²) in [6, 6.07) is 14.6. The second-order valence-corrected chi connectivity index (χ2v) is 8.53. The molecule has 2 aromatic heterocycles. The standard InChI is InChI=1S/C27H24N6O2/c1-18(34)33(17-20-3-4-20)25-10-7-21(13-22(25)14-28)24-9-8-23(16-30-24)32-27(35)12-6-19-5-11-26(29-2)31-15-19/h5,7-11,13,15-16,20H,3-4,6,12,17H2,1H3,(H,32,35). The Kier molecular flexibility index (Phi) is 7.13. The number of carbonyl (C=O) groups is 2. The summed E-state index contributed by atoms with van der Waals surface area (Å²) in [6.07, 6.45) is 6.22. The van der Waals surface area contributed by atoms with Crippen molar-refractivity contribution in [1.82, 2.24) is 9.97 Å². The summed E-state index contributed by atoms with van der Waals surface area (Å²) in [6.45, 7) is 9.09. The van der Waals surface area contributed by atoms with E-state index in [2.05, 4.69) is 26.2 Å². The average molecular weight is 465 g/mol. The molecule has 0 atom stereocenters. The van der Waals surface area contributed by atoms with E-state index in [1.807, 2.05) is 6.07 Å². The number of benzene rings is 1. The normalized spacial score (nSPS) is 12.3. The fraction of sp³-hybridized carbons (Fsp3) is 0.259. The van der Waals surface area contributed by atoms with E-state index in [1.54, 1.807) is 53.7 Å². The van der Waals surface area contributed by atoms with Crippen LogP contribution in [0.25, 0.3) is 16.1 Å². The lowest BCUT2D eigenvalue weighted by atomic mass is 10.0. The molecule has 0 unspecified atom stereocenters. The van der Waals surface area contributed by atoms with Gasteiger partial charge in [-0.3, -0.25) is 14.6 Å². The van der Waals surface area contributed by atoms with Gasteiger partial charge in [-0.25, -0.2) is 0 Å². The van der Waals surface area contributed by atoms with E-state index in [9.17, 15) is 14.9 Å². The van der Waals surface area contributed by atoms with Crippen LogP contribution >= 0.6 is 0 Å². The molecule has 0 radical (unpaired) electrons. The number of nitriles is 1. The summed E-state index contributed by atoms with van der Waals surface area (Å²) in [5, 5.41) is 12.5. The van der Waals surface area contributed by atoms with Crippen LogP contribution in [0.3, 0.4) is 0 Å². The Morgan fingerprint density at radius 2 is 2.00 bits per heavy atom. The van der Waals surface area contributed by atoms with E-state index >= 15 is 0 Å². The molecule has 2 amide bonds. The topological polar surface area (TPSA) is 103 Å². The SMILES string of the molecule is [C-]#[N+]c1ccc(CCC(=O)Nc2ccc(-c3ccc(N(CC4CC4)C(C)=O)c(C#N)c3)nc2)cn1. The van der Waals surface area contributed by atoms with E-state index in [4.69, 9.17) is 6.57 Å². The van der Waals surface area contributed by atoms with Gasteiger partial charge in [0, 0.05) is 25.5 Å². The highest BCUT2D eigenvalue weighted by Crippen LogP contribution is 2.33. The highest BCUT2D eigenvalue weighted by atomic mass is 16.2. The van der Waals surface area contributed by atoms with Crippen molar-refractivity contribution in [2.75, 3.05) is 16.8 Å². The minimum absolute atomic E-state index is 0.0731. The fourth-order valence-corrected chi connectivity index (χ4v) is 3.73. The molecule has 0 saturated heterocycles. The Bertz CT molecular complexity index is 1320. The minimum Gasteiger partial charge on any atom is -0.361 e. The van der Waals surface area contributed by atoms with Crippen molar-refractivity contribution >= 4 is 29.0 Å². The molecule has 174 valence electrons. The summed E-state index contributed by atoms with van der Waals surface area (Å²) in [4.78, 5) is 37.9. The second-order valence-electron chi connectivity index (χ2n) is 8.53. The lowest BCUT2D eigenvalue weighted by molar-refractivity contribution is -0.117. The van der Waals surface area contributed by atoms with Gasteiger partial charge < -0.3 is 15.1 Å². The smallest absolute Gasteiger partial charge is 0.269 e. The minimum atomic E-state index is -0.148. The maximum Gasteiger partial charge on any atom is 0.269 e. The van der Waals surface area contributed by atoms with Gasteiger partial charge in [0.1, 0.15) is 12.3 Å². The lowest BCUT2D eigenvalue weighted by Crippen LogP contribution is -2.31. The van der Waals surface area contributed by atoms with Crippen LogP contribution in [0.2, 0.25) is 0 Å². The van der Waals surface area contributed by atoms with E-state index in [0.717, 1.165) is 24.0 Å². The van der Waals surface area contributed by atoms with E-state index in [-0.39, 0.29) is 18.2 Å². The van der Waals surface area contributed by atoms with Crippen LogP contribution in [-0.4, -0.2) is 28.3 Å². The number of carbonyl (C=O) groups excluding carboxylic acids is 2. The van der Waals surface area contributed by atoms with Gasteiger partial charge in [0.15, 0.2) is 0 Å². The van der Waals surface area contributed by atoms with Crippen LogP contribution in [0.15, 0.2) is 54.9 Å². The lowest BCUT2D eigenvalue weighted by Gasteiger charge is -2.22. The number of aryl methyl sites for hydroxylation is 1. The van der Waals surface area contributed by atoms with Crippen LogP contribution in [0, 0.1) is 23.8 Å². The second kappa shape index (κ2) is 10.6. The van der Waals surface area contributed by atoms with Gasteiger partial charge >= 0.3 is 0 Å². The zero-order valence-corrected chi connectivity index (χ0v) is 19.4. The number of hydrogen-bond acceptors (Lipinski definition) is 5. The van der Waals surface area contributed by atoms with Crippen LogP contribution in [-0.2, 0) is 16.0 Å². The van der Waals surface area contributed by atoms with Crippen LogP contribution in [0.4, 0.5) is 17.2 Å². The molecule has 4 rings (SSSR count). The van der Waals surface area contributed by atoms with Crippen molar-refractivity contribution in [1.29, 1.82) is 5.26 Å². The van der Waals surface area contributed by atoms with Crippen molar-refractivity contribution in [3.05, 3.63) is 77.4 Å². The largest absolute Gasteiger partial charge is 0.361 e. The van der Waals surface area contributed by atoms with Gasteiger partial charge in [0.25, 0.3) is 5.82 Å². The van der Waals surface area contributed by atoms with E-state index < -0.39 is 0 Å². The molecular weight excluding hydrogens is 440 g/mol. The number of nitrogens with one attached hydrogen (secondary N) is 1. The fourth-order valence-electron chi connectivity index (χ4n) is 3.73. The van der Waals surface area contributed by atoms with Crippen LogP contribution < -0.4 is 10.2 Å². The summed E-state index contributed by atoms with van der Waals surface area (Å²) in [7, 11) is 0. The Morgan fingerprint density at radius 1 is 1.17 bits per heavy atom. The zero-order valence-electron chi connectivity index (χ0n) is 19.4. The van der Waals surface area contributed by atoms with Crippen LogP contribution in [0.5, 0.6) is 0 Å². The molecular formula is C27H24N6O2. The Balaban J connectivity index is 1.40. The first kappa shape index (κ1) is 23.6. The maximum atomic E-state index is 12.3. The molecule has 1 N–H and O–H groups in total. The highest BCUT2D eigenvalue weighted by molar-refractivity contribution is 5.93. The number of amides is 2. The number of rotatable bonds is 8. The summed E-state index contributed by atoms with van der Waals surface area (Å²) < 4.78 is 0. The first-order chi connectivity index (χ1) is 17.0. The van der Waals surface area contributed by atoms with Crippen LogP contribution in [0.1, 0.15) is 37.3 Å². The van der Waals surface area contributed by atoms with Gasteiger partial charge in [-0.15, -0.1) is 4.98 Å². The number of hydrogen-bond donors (Lipinski definition) is 1. The molecule has 35 heavy (non-hydrogen) atoms. The van der Waals surface area contributed by atoms with Crippen molar-refractivity contribution in [3.8, 4) is 17.3 Å². The number of pyridine rings is 2.